The maximum atomic E-state index is 12.6. The van der Waals surface area contributed by atoms with Crippen LogP contribution in [0.4, 0.5) is 4.79 Å². The Morgan fingerprint density at radius 2 is 1.82 bits per heavy atom. The molecule has 1 heterocycles. The van der Waals surface area contributed by atoms with Crippen LogP contribution in [0.15, 0.2) is 29.2 Å². The van der Waals surface area contributed by atoms with Crippen molar-refractivity contribution in [2.45, 2.75) is 31.7 Å². The minimum Gasteiger partial charge on any atom is -0.336 e. The van der Waals surface area contributed by atoms with Gasteiger partial charge in [-0.2, -0.15) is 4.31 Å². The number of piperazine rings is 1. The second kappa shape index (κ2) is 6.66. The molecule has 0 unspecified atom stereocenters. The van der Waals surface area contributed by atoms with Crippen LogP contribution in [-0.4, -0.2) is 55.9 Å². The minimum atomic E-state index is -3.48. The summed E-state index contributed by atoms with van der Waals surface area (Å²) in [4.78, 5) is 13.9. The van der Waals surface area contributed by atoms with E-state index < -0.39 is 10.0 Å². The monoisotopic (exact) mass is 325 g/mol. The summed E-state index contributed by atoms with van der Waals surface area (Å²) in [5, 5.41) is 2.82. The van der Waals surface area contributed by atoms with Gasteiger partial charge >= 0.3 is 6.03 Å². The van der Waals surface area contributed by atoms with Gasteiger partial charge in [0.1, 0.15) is 0 Å². The van der Waals surface area contributed by atoms with E-state index in [1.54, 1.807) is 23.1 Å². The Labute approximate surface area is 132 Å². The van der Waals surface area contributed by atoms with Crippen LogP contribution in [0.2, 0.25) is 0 Å². The van der Waals surface area contributed by atoms with Crippen LogP contribution in [0, 0.1) is 6.92 Å². The lowest BCUT2D eigenvalue weighted by atomic mass is 10.2. The van der Waals surface area contributed by atoms with Crippen LogP contribution in [0.25, 0.3) is 0 Å². The quantitative estimate of drug-likeness (QED) is 0.914. The number of amides is 2. The van der Waals surface area contributed by atoms with Crippen LogP contribution in [0.5, 0.6) is 0 Å². The summed E-state index contributed by atoms with van der Waals surface area (Å²) >= 11 is 0. The molecule has 2 amide bonds. The number of nitrogens with zero attached hydrogens (tertiary/aromatic N) is 2. The van der Waals surface area contributed by atoms with Crippen molar-refractivity contribution in [3.05, 3.63) is 29.8 Å². The third-order valence-corrected chi connectivity index (χ3v) is 5.46. The maximum absolute atomic E-state index is 12.6. The standard InChI is InChI=1S/C15H23N3O3S/c1-12(2)16-15(19)17-7-9-18(10-8-17)22(20,21)14-6-4-5-13(3)11-14/h4-6,11-12H,7-10H2,1-3H3,(H,16,19). The number of rotatable bonds is 3. The Bertz CT molecular complexity index is 635. The van der Waals surface area contributed by atoms with E-state index in [4.69, 9.17) is 0 Å². The predicted octanol–water partition coefficient (Wildman–Crippen LogP) is 1.42. The molecule has 0 atom stereocenters. The van der Waals surface area contributed by atoms with Crippen molar-refractivity contribution in [1.29, 1.82) is 0 Å². The summed E-state index contributed by atoms with van der Waals surface area (Å²) in [6.07, 6.45) is 0. The molecule has 0 aliphatic carbocycles. The summed E-state index contributed by atoms with van der Waals surface area (Å²) in [6, 6.07) is 6.83. The van der Waals surface area contributed by atoms with Gasteiger partial charge in [0, 0.05) is 32.2 Å². The van der Waals surface area contributed by atoms with Crippen molar-refractivity contribution < 1.29 is 13.2 Å². The van der Waals surface area contributed by atoms with Gasteiger partial charge in [0.05, 0.1) is 4.90 Å². The molecule has 1 aromatic carbocycles. The fourth-order valence-corrected chi connectivity index (χ4v) is 3.92. The highest BCUT2D eigenvalue weighted by atomic mass is 32.2. The van der Waals surface area contributed by atoms with Gasteiger partial charge in [0.15, 0.2) is 0 Å². The zero-order valence-corrected chi connectivity index (χ0v) is 14.1. The highest BCUT2D eigenvalue weighted by Crippen LogP contribution is 2.18. The molecule has 0 aromatic heterocycles. The third kappa shape index (κ3) is 3.78. The molecule has 1 fully saturated rings. The molecule has 1 aliphatic rings. The van der Waals surface area contributed by atoms with Crippen molar-refractivity contribution in [2.24, 2.45) is 0 Å². The van der Waals surface area contributed by atoms with Gasteiger partial charge in [-0.05, 0) is 38.5 Å². The van der Waals surface area contributed by atoms with E-state index in [1.807, 2.05) is 26.8 Å². The summed E-state index contributed by atoms with van der Waals surface area (Å²) in [5.41, 5.74) is 0.913. The van der Waals surface area contributed by atoms with Crippen molar-refractivity contribution >= 4 is 16.1 Å². The van der Waals surface area contributed by atoms with Crippen molar-refractivity contribution in [2.75, 3.05) is 26.2 Å². The van der Waals surface area contributed by atoms with E-state index in [-0.39, 0.29) is 12.1 Å². The SMILES string of the molecule is Cc1cccc(S(=O)(=O)N2CCN(C(=O)NC(C)C)CC2)c1. The lowest BCUT2D eigenvalue weighted by Crippen LogP contribution is -2.53. The highest BCUT2D eigenvalue weighted by molar-refractivity contribution is 7.89. The number of nitrogens with one attached hydrogen (secondary N) is 1. The van der Waals surface area contributed by atoms with Crippen LogP contribution in [0.1, 0.15) is 19.4 Å². The average Bonchev–Trinajstić information content (AvgIpc) is 2.46. The third-order valence-electron chi connectivity index (χ3n) is 3.57. The molecule has 0 radical (unpaired) electrons. The summed E-state index contributed by atoms with van der Waals surface area (Å²) in [7, 11) is -3.48. The molecule has 22 heavy (non-hydrogen) atoms. The molecule has 0 saturated carbocycles. The molecule has 1 aromatic rings. The summed E-state index contributed by atoms with van der Waals surface area (Å²) in [6.45, 7) is 7.12. The van der Waals surface area contributed by atoms with Crippen LogP contribution >= 0.6 is 0 Å². The van der Waals surface area contributed by atoms with Crippen molar-refractivity contribution in [3.8, 4) is 0 Å². The largest absolute Gasteiger partial charge is 0.336 e. The van der Waals surface area contributed by atoms with Gasteiger partial charge in [0.25, 0.3) is 0 Å². The molecular weight excluding hydrogens is 302 g/mol. The lowest BCUT2D eigenvalue weighted by Gasteiger charge is -2.34. The smallest absolute Gasteiger partial charge is 0.317 e. The van der Waals surface area contributed by atoms with Gasteiger partial charge < -0.3 is 10.2 Å². The Morgan fingerprint density at radius 1 is 1.18 bits per heavy atom. The van der Waals surface area contributed by atoms with Gasteiger partial charge in [0.2, 0.25) is 10.0 Å². The van der Waals surface area contributed by atoms with E-state index in [2.05, 4.69) is 5.32 Å². The Hall–Kier alpha value is -1.60. The van der Waals surface area contributed by atoms with Gasteiger partial charge in [-0.15, -0.1) is 0 Å². The van der Waals surface area contributed by atoms with Crippen LogP contribution < -0.4 is 5.32 Å². The van der Waals surface area contributed by atoms with E-state index in [0.717, 1.165) is 5.56 Å². The van der Waals surface area contributed by atoms with Gasteiger partial charge in [-0.1, -0.05) is 12.1 Å². The molecule has 1 N–H and O–H groups in total. The molecule has 1 saturated heterocycles. The van der Waals surface area contributed by atoms with E-state index in [0.29, 0.717) is 31.1 Å². The van der Waals surface area contributed by atoms with E-state index in [9.17, 15) is 13.2 Å². The molecular formula is C15H23N3O3S. The Balaban J connectivity index is 2.03. The zero-order valence-electron chi connectivity index (χ0n) is 13.2. The van der Waals surface area contributed by atoms with Crippen molar-refractivity contribution in [3.63, 3.8) is 0 Å². The number of benzene rings is 1. The summed E-state index contributed by atoms with van der Waals surface area (Å²) in [5.74, 6) is 0. The first-order chi connectivity index (χ1) is 10.3. The van der Waals surface area contributed by atoms with Gasteiger partial charge in [-0.25, -0.2) is 13.2 Å². The average molecular weight is 325 g/mol. The number of hydrogen-bond donors (Lipinski definition) is 1. The normalized spacial score (nSPS) is 16.8. The van der Waals surface area contributed by atoms with Crippen LogP contribution in [-0.2, 0) is 10.0 Å². The molecule has 7 heteroatoms. The topological polar surface area (TPSA) is 69.7 Å². The number of aryl methyl sites for hydroxylation is 1. The van der Waals surface area contributed by atoms with Gasteiger partial charge in [-0.3, -0.25) is 0 Å². The van der Waals surface area contributed by atoms with E-state index in [1.165, 1.54) is 4.31 Å². The number of carbonyl (C=O) groups excluding carboxylic acids is 1. The highest BCUT2D eigenvalue weighted by Gasteiger charge is 2.30. The fraction of sp³-hybridized carbons (Fsp3) is 0.533. The second-order valence-corrected chi connectivity index (χ2v) is 7.75. The zero-order chi connectivity index (χ0) is 16.3. The molecule has 6 nitrogen and oxygen atoms in total. The molecule has 0 spiro atoms. The van der Waals surface area contributed by atoms with E-state index >= 15 is 0 Å². The predicted molar refractivity (Wildman–Crippen MR) is 85.2 cm³/mol. The Morgan fingerprint density at radius 3 is 2.36 bits per heavy atom. The second-order valence-electron chi connectivity index (χ2n) is 5.81. The first kappa shape index (κ1) is 16.8. The van der Waals surface area contributed by atoms with Crippen molar-refractivity contribution in [1.82, 2.24) is 14.5 Å². The maximum Gasteiger partial charge on any atom is 0.317 e. The number of hydrogen-bond acceptors (Lipinski definition) is 3. The number of carbonyl (C=O) groups is 1. The Kier molecular flexibility index (Phi) is 5.08. The summed E-state index contributed by atoms with van der Waals surface area (Å²) < 4.78 is 26.6. The van der Waals surface area contributed by atoms with Crippen LogP contribution in [0.3, 0.4) is 0 Å². The molecule has 2 rings (SSSR count). The molecule has 122 valence electrons. The minimum absolute atomic E-state index is 0.0709. The fourth-order valence-electron chi connectivity index (χ4n) is 2.39. The molecule has 0 bridgehead atoms. The number of sulfonamides is 1. The first-order valence-electron chi connectivity index (χ1n) is 7.43. The first-order valence-corrected chi connectivity index (χ1v) is 8.87. The molecule has 1 aliphatic heterocycles. The number of urea groups is 1. The lowest BCUT2D eigenvalue weighted by molar-refractivity contribution is 0.170.